The molecule has 1 unspecified atom stereocenters. The van der Waals surface area contributed by atoms with Gasteiger partial charge < -0.3 is 16.0 Å². The van der Waals surface area contributed by atoms with E-state index in [0.717, 1.165) is 19.4 Å². The molecule has 21 heavy (non-hydrogen) atoms. The molecule has 2 rings (SSSR count). The van der Waals surface area contributed by atoms with Crippen LogP contribution in [0.15, 0.2) is 24.3 Å². The smallest absolute Gasteiger partial charge is 0.220 e. The Bertz CT molecular complexity index is 443. The summed E-state index contributed by atoms with van der Waals surface area (Å²) in [5, 5.41) is 2.99. The Morgan fingerprint density at radius 3 is 2.81 bits per heavy atom. The third-order valence-corrected chi connectivity index (χ3v) is 3.66. The van der Waals surface area contributed by atoms with Gasteiger partial charge >= 0.3 is 0 Å². The maximum Gasteiger partial charge on any atom is 0.220 e. The van der Waals surface area contributed by atoms with E-state index >= 15 is 0 Å². The predicted molar refractivity (Wildman–Crippen MR) is 92.7 cm³/mol. The molecule has 6 heteroatoms. The van der Waals surface area contributed by atoms with E-state index < -0.39 is 0 Å². The minimum Gasteiger partial charge on any atom is -0.366 e. The maximum atomic E-state index is 11.6. The Balaban J connectivity index is 0.00000200. The van der Waals surface area contributed by atoms with Crippen LogP contribution < -0.4 is 16.0 Å². The van der Waals surface area contributed by atoms with Crippen molar-refractivity contribution in [3.05, 3.63) is 29.8 Å². The van der Waals surface area contributed by atoms with Gasteiger partial charge in [-0.05, 0) is 37.9 Å². The van der Waals surface area contributed by atoms with Crippen molar-refractivity contribution >= 4 is 36.4 Å². The van der Waals surface area contributed by atoms with E-state index in [2.05, 4.69) is 41.4 Å². The maximum absolute atomic E-state index is 11.6. The normalized spacial score (nSPS) is 13.7. The van der Waals surface area contributed by atoms with Crippen molar-refractivity contribution in [2.75, 3.05) is 24.5 Å². The summed E-state index contributed by atoms with van der Waals surface area (Å²) in [6.07, 6.45) is 2.38. The second-order valence-electron chi connectivity index (χ2n) is 5.12. The van der Waals surface area contributed by atoms with Crippen LogP contribution in [0.1, 0.15) is 25.3 Å². The van der Waals surface area contributed by atoms with Crippen LogP contribution in [0.5, 0.6) is 0 Å². The Kier molecular flexibility index (Phi) is 9.42. The van der Waals surface area contributed by atoms with Crippen molar-refractivity contribution in [1.29, 1.82) is 0 Å². The van der Waals surface area contributed by atoms with Crippen molar-refractivity contribution in [2.45, 2.75) is 32.2 Å². The first-order chi connectivity index (χ1) is 9.22. The van der Waals surface area contributed by atoms with Crippen LogP contribution in [-0.2, 0) is 11.2 Å². The average molecular weight is 334 g/mol. The number of amides is 1. The molecule has 1 amide bonds. The van der Waals surface area contributed by atoms with Gasteiger partial charge in [0.25, 0.3) is 0 Å². The van der Waals surface area contributed by atoms with Gasteiger partial charge in [0.05, 0.1) is 0 Å². The molecule has 0 fully saturated rings. The molecule has 3 N–H and O–H groups in total. The van der Waals surface area contributed by atoms with Gasteiger partial charge in [0, 0.05) is 31.2 Å². The number of carbonyl (C=O) groups is 1. The molecule has 1 aromatic carbocycles. The van der Waals surface area contributed by atoms with E-state index in [-0.39, 0.29) is 30.7 Å². The van der Waals surface area contributed by atoms with E-state index in [1.165, 1.54) is 11.3 Å². The van der Waals surface area contributed by atoms with Crippen molar-refractivity contribution in [3.8, 4) is 0 Å². The van der Waals surface area contributed by atoms with Gasteiger partial charge in [-0.2, -0.15) is 0 Å². The lowest BCUT2D eigenvalue weighted by Gasteiger charge is -2.27. The number of benzene rings is 1. The third kappa shape index (κ3) is 5.38. The number of halogens is 2. The molecule has 0 spiro atoms. The first-order valence-electron chi connectivity index (χ1n) is 7.03. The minimum atomic E-state index is 0. The van der Waals surface area contributed by atoms with Gasteiger partial charge in [0.15, 0.2) is 0 Å². The summed E-state index contributed by atoms with van der Waals surface area (Å²) in [6, 6.07) is 8.83. The standard InChI is InChI=1S/C15H23N3O.2ClH/c1-12(11-17-15(19)7-4-9-16)18-10-8-13-5-2-3-6-14(13)18;;/h2-3,5-6,12H,4,7-11,16H2,1H3,(H,17,19);2*1H. The van der Waals surface area contributed by atoms with Crippen molar-refractivity contribution in [2.24, 2.45) is 5.73 Å². The molecule has 0 saturated carbocycles. The van der Waals surface area contributed by atoms with E-state index in [1.807, 2.05) is 0 Å². The molecule has 0 saturated heterocycles. The van der Waals surface area contributed by atoms with Crippen molar-refractivity contribution in [1.82, 2.24) is 5.32 Å². The van der Waals surface area contributed by atoms with Crippen molar-refractivity contribution < 1.29 is 4.79 Å². The lowest BCUT2D eigenvalue weighted by atomic mass is 10.2. The number of anilines is 1. The molecule has 1 aromatic rings. The highest BCUT2D eigenvalue weighted by Crippen LogP contribution is 2.28. The van der Waals surface area contributed by atoms with Gasteiger partial charge in [0.1, 0.15) is 0 Å². The number of fused-ring (bicyclic) bond motifs is 1. The van der Waals surface area contributed by atoms with Gasteiger partial charge in [-0.3, -0.25) is 4.79 Å². The molecule has 120 valence electrons. The minimum absolute atomic E-state index is 0. The quantitative estimate of drug-likeness (QED) is 0.838. The summed E-state index contributed by atoms with van der Waals surface area (Å²) in [6.45, 7) is 4.46. The van der Waals surface area contributed by atoms with Gasteiger partial charge in [0.2, 0.25) is 5.91 Å². The highest BCUT2D eigenvalue weighted by molar-refractivity contribution is 5.85. The lowest BCUT2D eigenvalue weighted by molar-refractivity contribution is -0.121. The fraction of sp³-hybridized carbons (Fsp3) is 0.533. The Labute approximate surface area is 139 Å². The highest BCUT2D eigenvalue weighted by Gasteiger charge is 2.22. The molecule has 1 aliphatic heterocycles. The van der Waals surface area contributed by atoms with Crippen LogP contribution in [0.4, 0.5) is 5.69 Å². The summed E-state index contributed by atoms with van der Waals surface area (Å²) in [7, 11) is 0. The van der Waals surface area contributed by atoms with E-state index in [9.17, 15) is 4.79 Å². The number of rotatable bonds is 6. The van der Waals surface area contributed by atoms with Gasteiger partial charge in [-0.15, -0.1) is 24.8 Å². The summed E-state index contributed by atoms with van der Waals surface area (Å²) in [5.41, 5.74) is 8.11. The highest BCUT2D eigenvalue weighted by atomic mass is 35.5. The van der Waals surface area contributed by atoms with Crippen LogP contribution in [0.2, 0.25) is 0 Å². The summed E-state index contributed by atoms with van der Waals surface area (Å²) >= 11 is 0. The van der Waals surface area contributed by atoms with E-state index in [4.69, 9.17) is 5.73 Å². The molecule has 1 heterocycles. The molecular weight excluding hydrogens is 309 g/mol. The number of para-hydroxylation sites is 1. The third-order valence-electron chi connectivity index (χ3n) is 3.66. The number of hydrogen-bond acceptors (Lipinski definition) is 3. The summed E-state index contributed by atoms with van der Waals surface area (Å²) in [5.74, 6) is 0.102. The van der Waals surface area contributed by atoms with Crippen LogP contribution in [0, 0.1) is 0 Å². The molecular formula is C15H25Cl2N3O. The van der Waals surface area contributed by atoms with Crippen LogP contribution in [0.25, 0.3) is 0 Å². The average Bonchev–Trinajstić information content (AvgIpc) is 2.86. The molecule has 0 radical (unpaired) electrons. The second kappa shape index (κ2) is 9.87. The summed E-state index contributed by atoms with van der Waals surface area (Å²) < 4.78 is 0. The largest absolute Gasteiger partial charge is 0.366 e. The zero-order valence-electron chi connectivity index (χ0n) is 12.4. The SMILES string of the molecule is CC(CNC(=O)CCCN)N1CCc2ccccc21.Cl.Cl. The first-order valence-corrected chi connectivity index (χ1v) is 7.03. The first kappa shape index (κ1) is 20.0. The molecule has 4 nitrogen and oxygen atoms in total. The van der Waals surface area contributed by atoms with Crippen molar-refractivity contribution in [3.63, 3.8) is 0 Å². The number of nitrogens with zero attached hydrogens (tertiary/aromatic N) is 1. The Hall–Kier alpha value is -0.970. The lowest BCUT2D eigenvalue weighted by Crippen LogP contribution is -2.41. The fourth-order valence-corrected chi connectivity index (χ4v) is 2.54. The Morgan fingerprint density at radius 2 is 2.10 bits per heavy atom. The van der Waals surface area contributed by atoms with Gasteiger partial charge in [-0.1, -0.05) is 18.2 Å². The second-order valence-corrected chi connectivity index (χ2v) is 5.12. The Morgan fingerprint density at radius 1 is 1.38 bits per heavy atom. The van der Waals surface area contributed by atoms with Crippen LogP contribution in [-0.4, -0.2) is 31.6 Å². The number of carbonyl (C=O) groups excluding carboxylic acids is 1. The van der Waals surface area contributed by atoms with E-state index in [1.54, 1.807) is 0 Å². The molecule has 0 bridgehead atoms. The summed E-state index contributed by atoms with van der Waals surface area (Å²) in [4.78, 5) is 14.0. The molecule has 1 aliphatic rings. The monoisotopic (exact) mass is 333 g/mol. The van der Waals surface area contributed by atoms with Gasteiger partial charge in [-0.25, -0.2) is 0 Å². The fourth-order valence-electron chi connectivity index (χ4n) is 2.54. The number of nitrogens with two attached hydrogens (primary N) is 1. The topological polar surface area (TPSA) is 58.4 Å². The zero-order valence-corrected chi connectivity index (χ0v) is 14.0. The molecule has 0 aromatic heterocycles. The number of hydrogen-bond donors (Lipinski definition) is 2. The molecule has 1 atom stereocenters. The zero-order chi connectivity index (χ0) is 13.7. The van der Waals surface area contributed by atoms with Crippen LogP contribution in [0.3, 0.4) is 0 Å². The number of nitrogens with one attached hydrogen (secondary N) is 1. The molecule has 0 aliphatic carbocycles. The predicted octanol–water partition coefficient (Wildman–Crippen LogP) is 2.14. The van der Waals surface area contributed by atoms with E-state index in [0.29, 0.717) is 25.6 Å². The van der Waals surface area contributed by atoms with Crippen LogP contribution >= 0.6 is 24.8 Å².